The van der Waals surface area contributed by atoms with E-state index in [1.54, 1.807) is 4.90 Å². The van der Waals surface area contributed by atoms with Gasteiger partial charge in [0, 0.05) is 24.0 Å². The third kappa shape index (κ3) is 2.27. The van der Waals surface area contributed by atoms with Crippen molar-refractivity contribution in [3.8, 4) is 0 Å². The summed E-state index contributed by atoms with van der Waals surface area (Å²) < 4.78 is 0.599. The van der Waals surface area contributed by atoms with Gasteiger partial charge in [-0.05, 0) is 5.56 Å². The number of amides is 1. The highest BCUT2D eigenvalue weighted by molar-refractivity contribution is 9.11. The van der Waals surface area contributed by atoms with Gasteiger partial charge in [-0.2, -0.15) is 0 Å². The van der Waals surface area contributed by atoms with E-state index < -0.39 is 0 Å². The largest absolute Gasteiger partial charge is 0.502 e. The van der Waals surface area contributed by atoms with Crippen LogP contribution in [0.4, 0.5) is 0 Å². The average molecular weight is 282 g/mol. The molecule has 4 heteroatoms. The molecule has 1 N–H and O–H groups in total. The van der Waals surface area contributed by atoms with Gasteiger partial charge in [-0.3, -0.25) is 4.79 Å². The molecule has 0 saturated carbocycles. The van der Waals surface area contributed by atoms with Crippen LogP contribution >= 0.6 is 15.9 Å². The van der Waals surface area contributed by atoms with Gasteiger partial charge in [0.1, 0.15) is 0 Å². The van der Waals surface area contributed by atoms with Crippen molar-refractivity contribution in [1.82, 2.24) is 4.90 Å². The number of aliphatic hydroxyl groups is 1. The monoisotopic (exact) mass is 281 g/mol. The summed E-state index contributed by atoms with van der Waals surface area (Å²) in [5.41, 5.74) is 1.07. The van der Waals surface area contributed by atoms with Crippen LogP contribution in [0.3, 0.4) is 0 Å². The van der Waals surface area contributed by atoms with Gasteiger partial charge >= 0.3 is 0 Å². The van der Waals surface area contributed by atoms with Gasteiger partial charge in [0.25, 0.3) is 5.91 Å². The molecule has 0 aliphatic carbocycles. The molecule has 1 aliphatic heterocycles. The highest BCUT2D eigenvalue weighted by Gasteiger charge is 2.25. The third-order valence-corrected chi connectivity index (χ3v) is 3.34. The Balaban J connectivity index is 2.11. The van der Waals surface area contributed by atoms with Gasteiger partial charge < -0.3 is 10.0 Å². The Bertz CT molecular complexity index is 428. The molecule has 1 aromatic rings. The van der Waals surface area contributed by atoms with Crippen LogP contribution in [0, 0.1) is 0 Å². The Morgan fingerprint density at radius 2 is 2.00 bits per heavy atom. The van der Waals surface area contributed by atoms with E-state index in [1.807, 2.05) is 30.3 Å². The van der Waals surface area contributed by atoms with Crippen molar-refractivity contribution >= 4 is 21.8 Å². The van der Waals surface area contributed by atoms with E-state index in [4.69, 9.17) is 0 Å². The number of hydrogen-bond acceptors (Lipinski definition) is 2. The molecule has 0 fully saturated rings. The first-order chi connectivity index (χ1) is 7.68. The molecule has 16 heavy (non-hydrogen) atoms. The molecular weight excluding hydrogens is 270 g/mol. The van der Waals surface area contributed by atoms with Gasteiger partial charge in [0.15, 0.2) is 5.76 Å². The lowest BCUT2D eigenvalue weighted by Gasteiger charge is -2.26. The normalized spacial score (nSPS) is 16.8. The minimum Gasteiger partial charge on any atom is -0.502 e. The first-order valence-electron chi connectivity index (χ1n) is 5.09. The zero-order chi connectivity index (χ0) is 11.5. The molecule has 0 aromatic heterocycles. The Hall–Kier alpha value is -1.29. The van der Waals surface area contributed by atoms with Crippen LogP contribution in [0.5, 0.6) is 0 Å². The van der Waals surface area contributed by atoms with Crippen molar-refractivity contribution in [2.24, 2.45) is 0 Å². The van der Waals surface area contributed by atoms with Gasteiger partial charge in [-0.25, -0.2) is 0 Å². The van der Waals surface area contributed by atoms with Crippen LogP contribution in [0.15, 0.2) is 40.6 Å². The molecule has 0 bridgehead atoms. The van der Waals surface area contributed by atoms with E-state index >= 15 is 0 Å². The van der Waals surface area contributed by atoms with Crippen molar-refractivity contribution < 1.29 is 9.90 Å². The number of nitrogens with zero attached hydrogens (tertiary/aromatic N) is 1. The van der Waals surface area contributed by atoms with Crippen LogP contribution in [0.25, 0.3) is 0 Å². The summed E-state index contributed by atoms with van der Waals surface area (Å²) >= 11 is 3.19. The van der Waals surface area contributed by atoms with Crippen molar-refractivity contribution in [2.45, 2.75) is 13.0 Å². The maximum Gasteiger partial charge on any atom is 0.289 e. The zero-order valence-corrected chi connectivity index (χ0v) is 10.3. The number of benzene rings is 1. The minimum atomic E-state index is -0.304. The topological polar surface area (TPSA) is 40.5 Å². The summed E-state index contributed by atoms with van der Waals surface area (Å²) in [6.45, 7) is 1.18. The van der Waals surface area contributed by atoms with E-state index in [0.717, 1.165) is 5.56 Å². The van der Waals surface area contributed by atoms with E-state index in [2.05, 4.69) is 15.9 Å². The second-order valence-electron chi connectivity index (χ2n) is 3.72. The predicted molar refractivity (Wildman–Crippen MR) is 65.1 cm³/mol. The van der Waals surface area contributed by atoms with E-state index in [-0.39, 0.29) is 11.7 Å². The number of aliphatic hydroxyl groups excluding tert-OH is 1. The fourth-order valence-corrected chi connectivity index (χ4v) is 2.02. The third-order valence-electron chi connectivity index (χ3n) is 2.56. The highest BCUT2D eigenvalue weighted by atomic mass is 79.9. The van der Waals surface area contributed by atoms with Crippen LogP contribution in [-0.4, -0.2) is 22.5 Å². The maximum absolute atomic E-state index is 11.7. The molecule has 1 aliphatic rings. The molecular formula is C12H12BrNO2. The molecule has 0 atom stereocenters. The summed E-state index contributed by atoms with van der Waals surface area (Å²) in [6.07, 6.45) is 0.671. The fourth-order valence-electron chi connectivity index (χ4n) is 1.67. The molecule has 0 unspecified atom stereocenters. The summed E-state index contributed by atoms with van der Waals surface area (Å²) in [6, 6.07) is 9.76. The molecule has 1 amide bonds. The molecule has 0 spiro atoms. The SMILES string of the molecule is O=C1C(O)=C(Br)CCN1Cc1ccccc1. The first kappa shape index (κ1) is 11.2. The summed E-state index contributed by atoms with van der Waals surface area (Å²) in [5.74, 6) is -0.468. The maximum atomic E-state index is 11.7. The zero-order valence-electron chi connectivity index (χ0n) is 8.69. The Morgan fingerprint density at radius 1 is 1.31 bits per heavy atom. The standard InChI is InChI=1S/C12H12BrNO2/c13-10-6-7-14(12(16)11(10)15)8-9-4-2-1-3-5-9/h1-5,15H,6-8H2. The van der Waals surface area contributed by atoms with Gasteiger partial charge in [-0.1, -0.05) is 46.3 Å². The van der Waals surface area contributed by atoms with Gasteiger partial charge in [0.05, 0.1) is 0 Å². The summed E-state index contributed by atoms with van der Waals surface area (Å²) in [7, 11) is 0. The lowest BCUT2D eigenvalue weighted by molar-refractivity contribution is -0.131. The van der Waals surface area contributed by atoms with E-state index in [0.29, 0.717) is 24.0 Å². The molecule has 0 radical (unpaired) electrons. The first-order valence-corrected chi connectivity index (χ1v) is 5.88. The molecule has 2 rings (SSSR count). The van der Waals surface area contributed by atoms with Crippen molar-refractivity contribution in [2.75, 3.05) is 6.54 Å². The van der Waals surface area contributed by atoms with Gasteiger partial charge in [-0.15, -0.1) is 0 Å². The van der Waals surface area contributed by atoms with Gasteiger partial charge in [0.2, 0.25) is 0 Å². The Morgan fingerprint density at radius 3 is 2.69 bits per heavy atom. The van der Waals surface area contributed by atoms with Crippen LogP contribution in [0.2, 0.25) is 0 Å². The molecule has 1 heterocycles. The second kappa shape index (κ2) is 4.70. The van der Waals surface area contributed by atoms with Crippen LogP contribution in [-0.2, 0) is 11.3 Å². The lowest BCUT2D eigenvalue weighted by Crippen LogP contribution is -2.36. The average Bonchev–Trinajstić information content (AvgIpc) is 2.31. The number of hydrogen-bond donors (Lipinski definition) is 1. The molecule has 84 valence electrons. The number of carbonyl (C=O) groups excluding carboxylic acids is 1. The van der Waals surface area contributed by atoms with Crippen LogP contribution < -0.4 is 0 Å². The predicted octanol–water partition coefficient (Wildman–Crippen LogP) is 2.58. The van der Waals surface area contributed by atoms with Crippen molar-refractivity contribution in [3.63, 3.8) is 0 Å². The Labute approximate surface area is 103 Å². The van der Waals surface area contributed by atoms with E-state index in [1.165, 1.54) is 0 Å². The van der Waals surface area contributed by atoms with Crippen molar-refractivity contribution in [3.05, 3.63) is 46.1 Å². The fraction of sp³-hybridized carbons (Fsp3) is 0.250. The summed E-state index contributed by atoms with van der Waals surface area (Å²) in [4.78, 5) is 13.4. The number of carbonyl (C=O) groups is 1. The molecule has 1 aromatic carbocycles. The minimum absolute atomic E-state index is 0.165. The number of rotatable bonds is 2. The second-order valence-corrected chi connectivity index (χ2v) is 4.67. The number of halogens is 1. The Kier molecular flexibility index (Phi) is 3.29. The lowest BCUT2D eigenvalue weighted by atomic mass is 10.1. The smallest absolute Gasteiger partial charge is 0.289 e. The quantitative estimate of drug-likeness (QED) is 0.905. The summed E-state index contributed by atoms with van der Waals surface area (Å²) in [5, 5.41) is 9.54. The van der Waals surface area contributed by atoms with Crippen LogP contribution in [0.1, 0.15) is 12.0 Å². The molecule has 3 nitrogen and oxygen atoms in total. The molecule has 0 saturated heterocycles. The van der Waals surface area contributed by atoms with Crippen molar-refractivity contribution in [1.29, 1.82) is 0 Å². The highest BCUT2D eigenvalue weighted by Crippen LogP contribution is 2.23. The van der Waals surface area contributed by atoms with E-state index in [9.17, 15) is 9.90 Å².